The summed E-state index contributed by atoms with van der Waals surface area (Å²) in [6.07, 6.45) is 7.49. The Kier molecular flexibility index (Phi) is 22.1. The van der Waals surface area contributed by atoms with Gasteiger partial charge in [-0.15, -0.1) is 0 Å². The molecule has 1 aromatic carbocycles. The van der Waals surface area contributed by atoms with E-state index in [1.807, 2.05) is 27.7 Å². The number of nitrogens with two attached hydrogens (primary N) is 1. The summed E-state index contributed by atoms with van der Waals surface area (Å²) >= 11 is 0. The van der Waals surface area contributed by atoms with Gasteiger partial charge in [-0.2, -0.15) is 0 Å². The summed E-state index contributed by atoms with van der Waals surface area (Å²) in [5.74, 6) is -6.97. The second kappa shape index (κ2) is 27.1. The van der Waals surface area contributed by atoms with Crippen molar-refractivity contribution in [3.05, 3.63) is 66.3 Å². The molecule has 12 N–H and O–H groups in total. The molecule has 8 amide bonds. The van der Waals surface area contributed by atoms with Gasteiger partial charge in [-0.05, 0) is 41.4 Å². The molecule has 0 spiro atoms. The molecule has 21 heteroatoms. The van der Waals surface area contributed by atoms with Gasteiger partial charge in [0.15, 0.2) is 0 Å². The maximum atomic E-state index is 14.5. The number of benzene rings is 1. The monoisotopic (exact) mass is 949 g/mol. The minimum atomic E-state index is -1.33. The molecule has 21 nitrogen and oxygen atoms in total. The van der Waals surface area contributed by atoms with Crippen LogP contribution < -0.4 is 43.0 Å². The molecule has 0 bridgehead atoms. The Morgan fingerprint density at radius 3 is 1.18 bits per heavy atom. The third kappa shape index (κ3) is 16.8. The highest BCUT2D eigenvalue weighted by Crippen LogP contribution is 2.17. The molecule has 0 saturated heterocycles. The molecule has 3 aromatic rings. The van der Waals surface area contributed by atoms with Crippen LogP contribution in [0, 0.1) is 23.7 Å². The number of nitrogens with one attached hydrogen (secondary N) is 9. The molecule has 0 saturated carbocycles. The maximum Gasteiger partial charge on any atom is 0.243 e. The van der Waals surface area contributed by atoms with Crippen molar-refractivity contribution >= 4 is 47.3 Å². The van der Waals surface area contributed by atoms with Crippen LogP contribution in [0.5, 0.6) is 5.75 Å². The predicted molar refractivity (Wildman–Crippen MR) is 253 cm³/mol. The molecule has 0 aliphatic carbocycles. The first-order chi connectivity index (χ1) is 32.2. The van der Waals surface area contributed by atoms with Crippen LogP contribution in [0.1, 0.15) is 105 Å². The number of aromatic amines is 2. The smallest absolute Gasteiger partial charge is 0.243 e. The molecule has 374 valence electrons. The summed E-state index contributed by atoms with van der Waals surface area (Å²) in [6, 6.07) is -2.22. The van der Waals surface area contributed by atoms with Crippen LogP contribution in [0.3, 0.4) is 0 Å². The fraction of sp³-hybridized carbons (Fsp3) is 0.574. The van der Waals surface area contributed by atoms with Crippen molar-refractivity contribution in [2.75, 3.05) is 0 Å². The second-order valence-corrected chi connectivity index (χ2v) is 17.7. The lowest BCUT2D eigenvalue weighted by Gasteiger charge is -2.31. The zero-order valence-electron chi connectivity index (χ0n) is 40.6. The number of H-pyrrole nitrogens is 2. The number of primary amides is 1. The van der Waals surface area contributed by atoms with Crippen LogP contribution in [-0.2, 0) is 57.6 Å². The quantitative estimate of drug-likeness (QED) is 0.0487. The standard InChI is InChI=1S/C47H72N12O9/c1-10-25(5)37(41(48)62)57-42(63)34(18-30-14-16-33(61)17-15-30)54-46(67)39(27(7)12-3)58-44(65)36(20-32-22-50-24-52-32)56-47(68)40(28(8)13-4)59-43(64)35(19-31-21-49-23-51-31)55-45(66)38(26(6)11-2)53-29(9)60/h14-17,21-28,34-40,61H,10-13,18-20H2,1-9H3,(H2,48,62)(H,49,51)(H,50,52)(H,53,60)(H,54,67)(H,55,66)(H,56,68)(H,57,63)(H,58,65)(H,59,64)/t25-,26-,27-,28-,34-,35-,36-,37-,38-,39-,40-/m0/s1. The lowest BCUT2D eigenvalue weighted by atomic mass is 9.95. The van der Waals surface area contributed by atoms with E-state index < -0.39 is 101 Å². The fourth-order valence-electron chi connectivity index (χ4n) is 7.33. The SMILES string of the molecule is CC[C@H](C)[C@H](NC(=O)[C@H](Cc1ccc(O)cc1)NC(=O)[C@@H](NC(=O)[C@H](Cc1cnc[nH]1)NC(=O)[C@@H](NC(=O)[C@H](Cc1cnc[nH]1)NC(=O)[C@@H](NC(C)=O)[C@@H](C)CC)[C@@H](C)CC)[C@@H](C)CC)C(N)=O. The van der Waals surface area contributed by atoms with Crippen LogP contribution in [0.2, 0.25) is 0 Å². The Labute approximate surface area is 397 Å². The molecule has 2 aromatic heterocycles. The van der Waals surface area contributed by atoms with Gasteiger partial charge in [0.1, 0.15) is 48.0 Å². The van der Waals surface area contributed by atoms with Gasteiger partial charge in [-0.1, -0.05) is 93.2 Å². The molecule has 0 radical (unpaired) electrons. The average Bonchev–Trinajstić information content (AvgIpc) is 4.04. The highest BCUT2D eigenvalue weighted by molar-refractivity contribution is 5.98. The first-order valence-electron chi connectivity index (χ1n) is 23.3. The van der Waals surface area contributed by atoms with Crippen LogP contribution in [0.4, 0.5) is 0 Å². The first-order valence-corrected chi connectivity index (χ1v) is 23.3. The third-order valence-corrected chi connectivity index (χ3v) is 12.5. The lowest BCUT2D eigenvalue weighted by molar-refractivity contribution is -0.136. The molecule has 0 unspecified atom stereocenters. The van der Waals surface area contributed by atoms with E-state index in [0.717, 1.165) is 0 Å². The van der Waals surface area contributed by atoms with Gasteiger partial charge in [-0.25, -0.2) is 9.97 Å². The van der Waals surface area contributed by atoms with E-state index >= 15 is 0 Å². The van der Waals surface area contributed by atoms with Crippen molar-refractivity contribution in [1.29, 1.82) is 0 Å². The van der Waals surface area contributed by atoms with Crippen molar-refractivity contribution in [3.63, 3.8) is 0 Å². The number of nitrogens with zero attached hydrogens (tertiary/aromatic N) is 2. The van der Waals surface area contributed by atoms with Gasteiger partial charge < -0.3 is 58.0 Å². The van der Waals surface area contributed by atoms with Gasteiger partial charge in [0.25, 0.3) is 0 Å². The number of hydrogen-bond acceptors (Lipinski definition) is 11. The van der Waals surface area contributed by atoms with Gasteiger partial charge in [0.05, 0.1) is 12.7 Å². The van der Waals surface area contributed by atoms with Gasteiger partial charge in [-0.3, -0.25) is 38.4 Å². The number of rotatable bonds is 28. The summed E-state index contributed by atoms with van der Waals surface area (Å²) in [6.45, 7) is 15.7. The van der Waals surface area contributed by atoms with Crippen molar-refractivity contribution < 1.29 is 43.5 Å². The average molecular weight is 949 g/mol. The number of aromatic hydroxyl groups is 1. The van der Waals surface area contributed by atoms with Crippen LogP contribution >= 0.6 is 0 Å². The maximum absolute atomic E-state index is 14.5. The van der Waals surface area contributed by atoms with Crippen molar-refractivity contribution in [3.8, 4) is 5.75 Å². The minimum Gasteiger partial charge on any atom is -0.508 e. The van der Waals surface area contributed by atoms with Gasteiger partial charge in [0.2, 0.25) is 47.3 Å². The Balaban J connectivity index is 1.95. The zero-order chi connectivity index (χ0) is 50.7. The molecular weight excluding hydrogens is 877 g/mol. The number of carbonyl (C=O) groups is 8. The Morgan fingerprint density at radius 1 is 0.515 bits per heavy atom. The predicted octanol–water partition coefficient (Wildman–Crippen LogP) is 0.950. The largest absolute Gasteiger partial charge is 0.508 e. The van der Waals surface area contributed by atoms with Gasteiger partial charge in [0, 0.05) is 50.0 Å². The summed E-state index contributed by atoms with van der Waals surface area (Å²) < 4.78 is 0. The van der Waals surface area contributed by atoms with Crippen LogP contribution in [0.15, 0.2) is 49.3 Å². The Bertz CT molecular complexity index is 2120. The fourth-order valence-corrected chi connectivity index (χ4v) is 7.33. The number of phenolic OH excluding ortho intramolecular Hbond substituents is 1. The molecular formula is C47H72N12O9. The molecule has 11 atom stereocenters. The first kappa shape index (κ1) is 55.5. The minimum absolute atomic E-state index is 0.00748. The lowest BCUT2D eigenvalue weighted by Crippen LogP contribution is -2.62. The van der Waals surface area contributed by atoms with E-state index in [1.54, 1.807) is 39.8 Å². The van der Waals surface area contributed by atoms with Crippen molar-refractivity contribution in [2.24, 2.45) is 29.4 Å². The number of amides is 8. The highest BCUT2D eigenvalue weighted by Gasteiger charge is 2.37. The van der Waals surface area contributed by atoms with E-state index in [1.165, 1.54) is 44.1 Å². The molecule has 2 heterocycles. The third-order valence-electron chi connectivity index (χ3n) is 12.5. The number of hydrogen-bond donors (Lipinski definition) is 11. The second-order valence-electron chi connectivity index (χ2n) is 17.7. The highest BCUT2D eigenvalue weighted by atomic mass is 16.3. The van der Waals surface area contributed by atoms with E-state index in [0.29, 0.717) is 42.6 Å². The molecule has 0 fully saturated rings. The summed E-state index contributed by atoms with van der Waals surface area (Å²) in [7, 11) is 0. The van der Waals surface area contributed by atoms with Crippen molar-refractivity contribution in [1.82, 2.24) is 57.2 Å². The number of phenols is 1. The number of carbonyl (C=O) groups excluding carboxylic acids is 8. The Morgan fingerprint density at radius 2 is 0.853 bits per heavy atom. The number of aromatic nitrogens is 4. The van der Waals surface area contributed by atoms with Crippen molar-refractivity contribution in [2.45, 2.75) is 150 Å². The normalized spacial score (nSPS) is 16.1. The van der Waals surface area contributed by atoms with E-state index in [4.69, 9.17) is 5.73 Å². The van der Waals surface area contributed by atoms with Gasteiger partial charge >= 0.3 is 0 Å². The van der Waals surface area contributed by atoms with Crippen LogP contribution in [0.25, 0.3) is 0 Å². The summed E-state index contributed by atoms with van der Waals surface area (Å²) in [5.41, 5.74) is 7.21. The molecule has 0 aliphatic rings. The van der Waals surface area contributed by atoms with Crippen LogP contribution in [-0.4, -0.2) is 115 Å². The summed E-state index contributed by atoms with van der Waals surface area (Å²) in [4.78, 5) is 123. The Hall–Kier alpha value is -6.80. The topological polar surface area (TPSA) is 324 Å². The number of imidazole rings is 2. The van der Waals surface area contributed by atoms with E-state index in [9.17, 15) is 43.5 Å². The summed E-state index contributed by atoms with van der Waals surface area (Å²) in [5, 5.41) is 29.1. The molecule has 3 rings (SSSR count). The molecule has 0 aliphatic heterocycles. The molecule has 68 heavy (non-hydrogen) atoms. The van der Waals surface area contributed by atoms with E-state index in [-0.39, 0.29) is 36.8 Å². The zero-order valence-corrected chi connectivity index (χ0v) is 40.6. The van der Waals surface area contributed by atoms with E-state index in [2.05, 4.69) is 57.2 Å².